The van der Waals surface area contributed by atoms with E-state index in [0.29, 0.717) is 18.7 Å². The van der Waals surface area contributed by atoms with Gasteiger partial charge in [-0.2, -0.15) is 0 Å². The van der Waals surface area contributed by atoms with Crippen molar-refractivity contribution < 1.29 is 14.3 Å². The van der Waals surface area contributed by atoms with E-state index < -0.39 is 17.8 Å². The van der Waals surface area contributed by atoms with Crippen molar-refractivity contribution in [1.29, 1.82) is 0 Å². The monoisotopic (exact) mass is 266 g/mol. The zero-order valence-corrected chi connectivity index (χ0v) is 11.1. The quantitative estimate of drug-likeness (QED) is 0.899. The van der Waals surface area contributed by atoms with Crippen LogP contribution in [0.25, 0.3) is 0 Å². The van der Waals surface area contributed by atoms with E-state index in [4.69, 9.17) is 0 Å². The Labute approximate surface area is 112 Å². The van der Waals surface area contributed by atoms with Crippen molar-refractivity contribution in [3.63, 3.8) is 0 Å². The van der Waals surface area contributed by atoms with E-state index in [1.54, 1.807) is 12.1 Å². The molecule has 1 atom stereocenters. The Balaban J connectivity index is 2.15. The number of benzene rings is 1. The van der Waals surface area contributed by atoms with E-state index in [0.717, 1.165) is 19.6 Å². The van der Waals surface area contributed by atoms with Gasteiger partial charge in [-0.05, 0) is 24.2 Å². The van der Waals surface area contributed by atoms with Crippen molar-refractivity contribution in [2.75, 3.05) is 32.7 Å². The van der Waals surface area contributed by atoms with Gasteiger partial charge in [0.2, 0.25) is 0 Å². The molecule has 1 saturated heterocycles. The van der Waals surface area contributed by atoms with Gasteiger partial charge in [-0.1, -0.05) is 19.1 Å². The maximum Gasteiger partial charge on any atom is 0.325 e. The van der Waals surface area contributed by atoms with Crippen molar-refractivity contribution >= 4 is 5.97 Å². The van der Waals surface area contributed by atoms with Crippen molar-refractivity contribution in [2.24, 2.45) is 0 Å². The fourth-order valence-electron chi connectivity index (χ4n) is 2.52. The van der Waals surface area contributed by atoms with Gasteiger partial charge < -0.3 is 10.0 Å². The number of carboxylic acid groups (broad SMARTS) is 1. The lowest BCUT2D eigenvalue weighted by molar-refractivity contribution is -0.144. The van der Waals surface area contributed by atoms with Gasteiger partial charge in [0.25, 0.3) is 0 Å². The van der Waals surface area contributed by atoms with E-state index in [-0.39, 0.29) is 0 Å². The molecule has 19 heavy (non-hydrogen) atoms. The summed E-state index contributed by atoms with van der Waals surface area (Å²) in [7, 11) is 0. The number of aliphatic carboxylic acids is 1. The molecule has 104 valence electrons. The summed E-state index contributed by atoms with van der Waals surface area (Å²) in [6.45, 7) is 6.18. The van der Waals surface area contributed by atoms with Crippen LogP contribution in [-0.2, 0) is 4.79 Å². The molecular formula is C14H19FN2O2. The normalized spacial score (nSPS) is 19.3. The number of carboxylic acids is 1. The molecule has 0 radical (unpaired) electrons. The van der Waals surface area contributed by atoms with E-state index >= 15 is 0 Å². The maximum absolute atomic E-state index is 13.3. The zero-order valence-electron chi connectivity index (χ0n) is 11.1. The van der Waals surface area contributed by atoms with Crippen LogP contribution in [-0.4, -0.2) is 53.6 Å². The van der Waals surface area contributed by atoms with Crippen LogP contribution in [0, 0.1) is 5.82 Å². The number of rotatable bonds is 4. The highest BCUT2D eigenvalue weighted by Gasteiger charge is 2.30. The van der Waals surface area contributed by atoms with Crippen LogP contribution in [0.4, 0.5) is 4.39 Å². The average Bonchev–Trinajstić information content (AvgIpc) is 2.39. The Hall–Kier alpha value is -1.46. The van der Waals surface area contributed by atoms with Gasteiger partial charge in [-0.15, -0.1) is 0 Å². The van der Waals surface area contributed by atoms with E-state index in [1.807, 2.05) is 4.90 Å². The van der Waals surface area contributed by atoms with Crippen LogP contribution in [0.15, 0.2) is 24.3 Å². The highest BCUT2D eigenvalue weighted by Crippen LogP contribution is 2.23. The van der Waals surface area contributed by atoms with E-state index in [1.165, 1.54) is 12.1 Å². The molecule has 1 unspecified atom stereocenters. The van der Waals surface area contributed by atoms with Gasteiger partial charge in [0.05, 0.1) is 0 Å². The van der Waals surface area contributed by atoms with Crippen LogP contribution < -0.4 is 0 Å². The molecular weight excluding hydrogens is 247 g/mol. The van der Waals surface area contributed by atoms with E-state index in [9.17, 15) is 14.3 Å². The molecule has 0 saturated carbocycles. The SMILES string of the molecule is CCN1CCN(C(C(=O)O)c2cccc(F)c2)CC1. The first-order valence-corrected chi connectivity index (χ1v) is 6.56. The molecule has 0 aliphatic carbocycles. The summed E-state index contributed by atoms with van der Waals surface area (Å²) in [4.78, 5) is 15.7. The highest BCUT2D eigenvalue weighted by molar-refractivity contribution is 5.75. The average molecular weight is 266 g/mol. The fraction of sp³-hybridized carbons (Fsp3) is 0.500. The summed E-state index contributed by atoms with van der Waals surface area (Å²) in [6, 6.07) is 5.12. The van der Waals surface area contributed by atoms with Crippen LogP contribution in [0.3, 0.4) is 0 Å². The Bertz CT molecular complexity index is 445. The van der Waals surface area contributed by atoms with Crippen molar-refractivity contribution in [3.05, 3.63) is 35.6 Å². The van der Waals surface area contributed by atoms with Crippen molar-refractivity contribution in [2.45, 2.75) is 13.0 Å². The summed E-state index contributed by atoms with van der Waals surface area (Å²) in [6.07, 6.45) is 0. The van der Waals surface area contributed by atoms with Gasteiger partial charge in [0, 0.05) is 26.2 Å². The second-order valence-electron chi connectivity index (χ2n) is 4.77. The first kappa shape index (κ1) is 14.0. The van der Waals surface area contributed by atoms with E-state index in [2.05, 4.69) is 11.8 Å². The number of likely N-dealkylation sites (N-methyl/N-ethyl adjacent to an activating group) is 1. The zero-order chi connectivity index (χ0) is 13.8. The molecule has 1 aromatic rings. The van der Waals surface area contributed by atoms with Gasteiger partial charge in [0.15, 0.2) is 0 Å². The molecule has 0 bridgehead atoms. The van der Waals surface area contributed by atoms with Crippen LogP contribution in [0.1, 0.15) is 18.5 Å². The molecule has 1 aromatic carbocycles. The number of hydrogen-bond acceptors (Lipinski definition) is 3. The Kier molecular flexibility index (Phi) is 4.50. The number of piperazine rings is 1. The topological polar surface area (TPSA) is 43.8 Å². The third-order valence-corrected chi connectivity index (χ3v) is 3.62. The lowest BCUT2D eigenvalue weighted by atomic mass is 10.0. The Morgan fingerprint density at radius 2 is 2.05 bits per heavy atom. The number of halogens is 1. The molecule has 5 heteroatoms. The minimum absolute atomic E-state index is 0.393. The third kappa shape index (κ3) is 3.30. The predicted octanol–water partition coefficient (Wildman–Crippen LogP) is 1.59. The standard InChI is InChI=1S/C14H19FN2O2/c1-2-16-6-8-17(9-7-16)13(14(18)19)11-4-3-5-12(15)10-11/h3-5,10,13H,2,6-9H2,1H3,(H,18,19). The molecule has 4 nitrogen and oxygen atoms in total. The summed E-state index contributed by atoms with van der Waals surface area (Å²) in [5.74, 6) is -1.31. The minimum Gasteiger partial charge on any atom is -0.480 e. The summed E-state index contributed by atoms with van der Waals surface area (Å²) >= 11 is 0. The molecule has 0 aromatic heterocycles. The fourth-order valence-corrected chi connectivity index (χ4v) is 2.52. The number of carbonyl (C=O) groups is 1. The van der Waals surface area contributed by atoms with Crippen LogP contribution >= 0.6 is 0 Å². The molecule has 1 fully saturated rings. The van der Waals surface area contributed by atoms with Crippen molar-refractivity contribution in [1.82, 2.24) is 9.80 Å². The van der Waals surface area contributed by atoms with Gasteiger partial charge >= 0.3 is 5.97 Å². The van der Waals surface area contributed by atoms with Crippen LogP contribution in [0.2, 0.25) is 0 Å². The van der Waals surface area contributed by atoms with Gasteiger partial charge in [-0.3, -0.25) is 9.69 Å². The highest BCUT2D eigenvalue weighted by atomic mass is 19.1. The number of nitrogens with zero attached hydrogens (tertiary/aromatic N) is 2. The Morgan fingerprint density at radius 1 is 1.37 bits per heavy atom. The van der Waals surface area contributed by atoms with Crippen LogP contribution in [0.5, 0.6) is 0 Å². The summed E-state index contributed by atoms with van der Waals surface area (Å²) in [5, 5.41) is 9.42. The smallest absolute Gasteiger partial charge is 0.325 e. The maximum atomic E-state index is 13.3. The predicted molar refractivity (Wildman–Crippen MR) is 70.5 cm³/mol. The van der Waals surface area contributed by atoms with Gasteiger partial charge in [0.1, 0.15) is 11.9 Å². The lowest BCUT2D eigenvalue weighted by Crippen LogP contribution is -2.49. The van der Waals surface area contributed by atoms with Gasteiger partial charge in [-0.25, -0.2) is 4.39 Å². The molecule has 1 aliphatic heterocycles. The lowest BCUT2D eigenvalue weighted by Gasteiger charge is -2.37. The molecule has 0 spiro atoms. The molecule has 2 rings (SSSR count). The first-order valence-electron chi connectivity index (χ1n) is 6.56. The first-order chi connectivity index (χ1) is 9.11. The molecule has 1 heterocycles. The molecule has 1 aliphatic rings. The second-order valence-corrected chi connectivity index (χ2v) is 4.77. The Morgan fingerprint density at radius 3 is 2.58 bits per heavy atom. The number of hydrogen-bond donors (Lipinski definition) is 1. The van der Waals surface area contributed by atoms with Crippen molar-refractivity contribution in [3.8, 4) is 0 Å². The second kappa shape index (κ2) is 6.12. The molecule has 1 N–H and O–H groups in total. The molecule has 0 amide bonds. The summed E-state index contributed by atoms with van der Waals surface area (Å²) in [5.41, 5.74) is 0.512. The third-order valence-electron chi connectivity index (χ3n) is 3.62. The minimum atomic E-state index is -0.921. The largest absolute Gasteiger partial charge is 0.480 e. The summed E-state index contributed by atoms with van der Waals surface area (Å²) < 4.78 is 13.3.